The Hall–Kier alpha value is -6.32. The molecule has 9 aromatic rings. The summed E-state index contributed by atoms with van der Waals surface area (Å²) < 4.78 is 2.39. The molecular formula is C46H31N3. The van der Waals surface area contributed by atoms with Gasteiger partial charge in [-0.1, -0.05) is 121 Å². The highest BCUT2D eigenvalue weighted by molar-refractivity contribution is 5.94. The first-order chi connectivity index (χ1) is 24.2. The average Bonchev–Trinajstić information content (AvgIpc) is 3.57. The Labute approximate surface area is 283 Å². The fraction of sp³-hybridized carbons (Fsp3) is 0.0435. The van der Waals surface area contributed by atoms with Crippen LogP contribution in [-0.4, -0.2) is 14.4 Å². The van der Waals surface area contributed by atoms with Gasteiger partial charge in [-0.3, -0.25) is 0 Å². The molecule has 0 saturated carbocycles. The van der Waals surface area contributed by atoms with Crippen molar-refractivity contribution in [1.82, 2.24) is 14.4 Å². The van der Waals surface area contributed by atoms with Crippen molar-refractivity contribution in [2.75, 3.05) is 0 Å². The van der Waals surface area contributed by atoms with E-state index in [1.54, 1.807) is 0 Å². The van der Waals surface area contributed by atoms with Gasteiger partial charge in [-0.05, 0) is 88.0 Å². The summed E-state index contributed by atoms with van der Waals surface area (Å²) in [5.74, 6) is 0. The standard InChI is InChI=1S/C46H31N3/c1-3-12-32-24-34(22-20-30(32)10-1)39-27-41(47-42(28-39)36-23-21-31-11-2-4-13-33(31)25-36)35-15-9-16-38(26-35)46-45-29-37-14-5-7-18-43(37)49(45)44-19-8-6-17-40(44)48-46/h1-5,7,9-29H,6,8H2. The lowest BCUT2D eigenvalue weighted by molar-refractivity contribution is 1.01. The minimum atomic E-state index is 0.935. The van der Waals surface area contributed by atoms with E-state index in [1.165, 1.54) is 43.4 Å². The third-order valence-electron chi connectivity index (χ3n) is 9.92. The van der Waals surface area contributed by atoms with E-state index in [0.717, 1.165) is 63.0 Å². The third-order valence-corrected chi connectivity index (χ3v) is 9.92. The molecule has 6 aromatic carbocycles. The maximum Gasteiger partial charge on any atom is 0.0950 e. The minimum absolute atomic E-state index is 0.935. The van der Waals surface area contributed by atoms with Crippen molar-refractivity contribution < 1.29 is 0 Å². The lowest BCUT2D eigenvalue weighted by Gasteiger charge is -2.13. The van der Waals surface area contributed by atoms with E-state index in [-0.39, 0.29) is 0 Å². The Morgan fingerprint density at radius 3 is 1.78 bits per heavy atom. The second-order valence-electron chi connectivity index (χ2n) is 13.0. The molecule has 0 radical (unpaired) electrons. The molecule has 0 N–H and O–H groups in total. The zero-order chi connectivity index (χ0) is 32.3. The molecule has 0 atom stereocenters. The van der Waals surface area contributed by atoms with Crippen molar-refractivity contribution in [2.24, 2.45) is 0 Å². The molecular weight excluding hydrogens is 595 g/mol. The number of pyridine rings is 1. The molecule has 3 aromatic heterocycles. The number of aromatic nitrogens is 3. The monoisotopic (exact) mass is 625 g/mol. The molecule has 0 saturated heterocycles. The SMILES string of the molecule is C1=c2nc(-c3cccc(-c4cc(-c5ccc6ccccc6c5)cc(-c5ccc6ccccc6c5)n4)c3)c3cc4ccccc4n3c2=CCC1. The van der Waals surface area contributed by atoms with Crippen molar-refractivity contribution in [3.63, 3.8) is 0 Å². The lowest BCUT2D eigenvalue weighted by atomic mass is 9.96. The molecule has 3 nitrogen and oxygen atoms in total. The second kappa shape index (κ2) is 11.1. The molecule has 0 spiro atoms. The molecule has 3 heteroatoms. The van der Waals surface area contributed by atoms with Gasteiger partial charge >= 0.3 is 0 Å². The highest BCUT2D eigenvalue weighted by atomic mass is 14.9. The quantitative estimate of drug-likeness (QED) is 0.195. The van der Waals surface area contributed by atoms with Gasteiger partial charge in [-0.2, -0.15) is 0 Å². The molecule has 49 heavy (non-hydrogen) atoms. The summed E-state index contributed by atoms with van der Waals surface area (Å²) >= 11 is 0. The first kappa shape index (κ1) is 27.8. The van der Waals surface area contributed by atoms with Crippen LogP contribution < -0.4 is 10.7 Å². The highest BCUT2D eigenvalue weighted by Gasteiger charge is 2.16. The Morgan fingerprint density at radius 1 is 0.388 bits per heavy atom. The van der Waals surface area contributed by atoms with Crippen molar-refractivity contribution in [2.45, 2.75) is 12.8 Å². The molecule has 1 aliphatic rings. The Kier molecular flexibility index (Phi) is 6.31. The zero-order valence-corrected chi connectivity index (χ0v) is 26.8. The summed E-state index contributed by atoms with van der Waals surface area (Å²) in [6, 6.07) is 54.5. The van der Waals surface area contributed by atoms with E-state index in [9.17, 15) is 0 Å². The number of para-hydroxylation sites is 1. The van der Waals surface area contributed by atoms with Crippen molar-refractivity contribution in [3.05, 3.63) is 162 Å². The molecule has 230 valence electrons. The van der Waals surface area contributed by atoms with Gasteiger partial charge in [0, 0.05) is 22.1 Å². The van der Waals surface area contributed by atoms with Crippen LogP contribution in [-0.2, 0) is 0 Å². The molecule has 10 rings (SSSR count). The van der Waals surface area contributed by atoms with E-state index in [0.29, 0.717) is 0 Å². The number of nitrogens with zero attached hydrogens (tertiary/aromatic N) is 3. The summed E-state index contributed by atoms with van der Waals surface area (Å²) in [5, 5.41) is 8.35. The van der Waals surface area contributed by atoms with E-state index in [1.807, 2.05) is 0 Å². The predicted molar refractivity (Wildman–Crippen MR) is 205 cm³/mol. The van der Waals surface area contributed by atoms with Crippen LogP contribution in [0.4, 0.5) is 0 Å². The molecule has 3 heterocycles. The van der Waals surface area contributed by atoms with Gasteiger partial charge in [-0.15, -0.1) is 0 Å². The summed E-state index contributed by atoms with van der Waals surface area (Å²) in [6.07, 6.45) is 6.65. The van der Waals surface area contributed by atoms with Crippen LogP contribution in [0.15, 0.2) is 152 Å². The van der Waals surface area contributed by atoms with Crippen molar-refractivity contribution >= 4 is 50.1 Å². The van der Waals surface area contributed by atoms with Crippen LogP contribution >= 0.6 is 0 Å². The van der Waals surface area contributed by atoms with E-state index < -0.39 is 0 Å². The van der Waals surface area contributed by atoms with Crippen LogP contribution in [0.25, 0.3) is 95.0 Å². The van der Waals surface area contributed by atoms with E-state index >= 15 is 0 Å². The topological polar surface area (TPSA) is 30.2 Å². The fourth-order valence-electron chi connectivity index (χ4n) is 7.47. The van der Waals surface area contributed by atoms with Gasteiger partial charge in [0.2, 0.25) is 0 Å². The van der Waals surface area contributed by atoms with Gasteiger partial charge in [0.1, 0.15) is 0 Å². The maximum absolute atomic E-state index is 5.33. The lowest BCUT2D eigenvalue weighted by Crippen LogP contribution is -2.36. The zero-order valence-electron chi connectivity index (χ0n) is 26.8. The maximum atomic E-state index is 5.33. The Balaban J connectivity index is 1.18. The molecule has 0 amide bonds. The average molecular weight is 626 g/mol. The first-order valence-electron chi connectivity index (χ1n) is 17.0. The fourth-order valence-corrected chi connectivity index (χ4v) is 7.47. The number of benzene rings is 6. The van der Waals surface area contributed by atoms with Crippen LogP contribution in [0.2, 0.25) is 0 Å². The Morgan fingerprint density at radius 2 is 1.00 bits per heavy atom. The third kappa shape index (κ3) is 4.74. The van der Waals surface area contributed by atoms with E-state index in [4.69, 9.17) is 9.97 Å². The van der Waals surface area contributed by atoms with Gasteiger partial charge < -0.3 is 4.40 Å². The largest absolute Gasteiger partial charge is 0.306 e. The van der Waals surface area contributed by atoms with Crippen LogP contribution in [0.5, 0.6) is 0 Å². The first-order valence-corrected chi connectivity index (χ1v) is 17.0. The normalized spacial score (nSPS) is 12.7. The molecule has 0 unspecified atom stereocenters. The predicted octanol–water partition coefficient (Wildman–Crippen LogP) is 10.2. The van der Waals surface area contributed by atoms with Crippen LogP contribution in [0, 0.1) is 0 Å². The molecule has 1 aliphatic carbocycles. The highest BCUT2D eigenvalue weighted by Crippen LogP contribution is 2.35. The van der Waals surface area contributed by atoms with Gasteiger partial charge in [0.05, 0.1) is 38.8 Å². The summed E-state index contributed by atoms with van der Waals surface area (Å²) in [4.78, 5) is 10.6. The smallest absolute Gasteiger partial charge is 0.0950 e. The van der Waals surface area contributed by atoms with Gasteiger partial charge in [-0.25, -0.2) is 9.97 Å². The second-order valence-corrected chi connectivity index (χ2v) is 13.0. The van der Waals surface area contributed by atoms with Crippen LogP contribution in [0.1, 0.15) is 12.8 Å². The molecule has 0 bridgehead atoms. The summed E-state index contributed by atoms with van der Waals surface area (Å²) in [7, 11) is 0. The van der Waals surface area contributed by atoms with Crippen molar-refractivity contribution in [3.8, 4) is 44.9 Å². The van der Waals surface area contributed by atoms with E-state index in [2.05, 4.69) is 168 Å². The van der Waals surface area contributed by atoms with Gasteiger partial charge in [0.25, 0.3) is 0 Å². The molecule has 0 aliphatic heterocycles. The van der Waals surface area contributed by atoms with Crippen LogP contribution in [0.3, 0.4) is 0 Å². The Bertz CT molecular complexity index is 2800. The number of hydrogen-bond acceptors (Lipinski definition) is 2. The van der Waals surface area contributed by atoms with Crippen molar-refractivity contribution in [1.29, 1.82) is 0 Å². The number of hydrogen-bond donors (Lipinski definition) is 0. The summed E-state index contributed by atoms with van der Waals surface area (Å²) in [5.41, 5.74) is 10.8. The minimum Gasteiger partial charge on any atom is -0.306 e. The number of rotatable bonds is 4. The van der Waals surface area contributed by atoms with Gasteiger partial charge in [0.15, 0.2) is 0 Å². The summed E-state index contributed by atoms with van der Waals surface area (Å²) in [6.45, 7) is 0. The molecule has 0 fully saturated rings. The number of fused-ring (bicyclic) bond motifs is 7.